The Kier molecular flexibility index (Phi) is 4.39. The molecule has 22 heavy (non-hydrogen) atoms. The average molecular weight is 303 g/mol. The van der Waals surface area contributed by atoms with Gasteiger partial charge in [0.2, 0.25) is 0 Å². The summed E-state index contributed by atoms with van der Waals surface area (Å²) in [6.07, 6.45) is 3.59. The van der Waals surface area contributed by atoms with E-state index in [2.05, 4.69) is 31.3 Å². The van der Waals surface area contributed by atoms with Gasteiger partial charge in [-0.15, -0.1) is 0 Å². The van der Waals surface area contributed by atoms with Crippen molar-refractivity contribution in [1.82, 2.24) is 5.32 Å². The van der Waals surface area contributed by atoms with Crippen LogP contribution in [0.15, 0.2) is 24.3 Å². The molecule has 1 aromatic carbocycles. The molecule has 0 spiro atoms. The van der Waals surface area contributed by atoms with Crippen molar-refractivity contribution < 1.29 is 14.6 Å². The Morgan fingerprint density at radius 3 is 2.59 bits per heavy atom. The molecule has 0 saturated heterocycles. The van der Waals surface area contributed by atoms with Gasteiger partial charge in [0, 0.05) is 23.6 Å². The SMILES string of the molecule is CC(NC1CCC(C(=O)O)CC1)C1Oc2ccccc2C1C. The molecule has 1 aromatic rings. The Morgan fingerprint density at radius 1 is 1.27 bits per heavy atom. The highest BCUT2D eigenvalue weighted by atomic mass is 16.5. The van der Waals surface area contributed by atoms with Gasteiger partial charge in [-0.05, 0) is 38.7 Å². The lowest BCUT2D eigenvalue weighted by Gasteiger charge is -2.32. The molecule has 1 aliphatic carbocycles. The molecule has 0 amide bonds. The van der Waals surface area contributed by atoms with Crippen molar-refractivity contribution in [3.63, 3.8) is 0 Å². The van der Waals surface area contributed by atoms with Crippen LogP contribution in [0.5, 0.6) is 5.75 Å². The van der Waals surface area contributed by atoms with Crippen LogP contribution >= 0.6 is 0 Å². The van der Waals surface area contributed by atoms with E-state index in [4.69, 9.17) is 9.84 Å². The summed E-state index contributed by atoms with van der Waals surface area (Å²) < 4.78 is 6.13. The zero-order chi connectivity index (χ0) is 15.7. The number of carbonyl (C=O) groups is 1. The molecule has 2 aliphatic rings. The predicted octanol–water partition coefficient (Wildman–Crippen LogP) is 3.17. The van der Waals surface area contributed by atoms with Gasteiger partial charge in [-0.1, -0.05) is 25.1 Å². The molecule has 4 nitrogen and oxygen atoms in total. The van der Waals surface area contributed by atoms with Gasteiger partial charge >= 0.3 is 5.97 Å². The molecular formula is C18H25NO3. The number of carboxylic acids is 1. The first-order valence-corrected chi connectivity index (χ1v) is 8.30. The first-order chi connectivity index (χ1) is 10.6. The van der Waals surface area contributed by atoms with Gasteiger partial charge in [-0.2, -0.15) is 0 Å². The van der Waals surface area contributed by atoms with Crippen LogP contribution < -0.4 is 10.1 Å². The summed E-state index contributed by atoms with van der Waals surface area (Å²) in [5, 5.41) is 12.7. The van der Waals surface area contributed by atoms with E-state index in [0.717, 1.165) is 31.4 Å². The van der Waals surface area contributed by atoms with Crippen molar-refractivity contribution in [2.75, 3.05) is 0 Å². The average Bonchev–Trinajstić information content (AvgIpc) is 2.85. The van der Waals surface area contributed by atoms with Crippen molar-refractivity contribution in [3.8, 4) is 5.75 Å². The number of aliphatic carboxylic acids is 1. The fourth-order valence-electron chi connectivity index (χ4n) is 3.90. The van der Waals surface area contributed by atoms with Crippen LogP contribution in [0.2, 0.25) is 0 Å². The third-order valence-electron chi connectivity index (χ3n) is 5.23. The minimum atomic E-state index is -0.644. The number of hydrogen-bond donors (Lipinski definition) is 2. The summed E-state index contributed by atoms with van der Waals surface area (Å²) in [7, 11) is 0. The lowest BCUT2D eigenvalue weighted by atomic mass is 9.85. The van der Waals surface area contributed by atoms with E-state index >= 15 is 0 Å². The molecule has 1 fully saturated rings. The molecule has 0 bridgehead atoms. The Hall–Kier alpha value is -1.55. The number of nitrogens with one attached hydrogen (secondary N) is 1. The number of hydrogen-bond acceptors (Lipinski definition) is 3. The summed E-state index contributed by atoms with van der Waals surface area (Å²) in [6, 6.07) is 8.92. The molecule has 1 aliphatic heterocycles. The second-order valence-electron chi connectivity index (χ2n) is 6.75. The highest BCUT2D eigenvalue weighted by Gasteiger charge is 2.36. The molecule has 2 N–H and O–H groups in total. The predicted molar refractivity (Wildman–Crippen MR) is 85.3 cm³/mol. The Bertz CT molecular complexity index is 537. The largest absolute Gasteiger partial charge is 0.488 e. The highest BCUT2D eigenvalue weighted by molar-refractivity contribution is 5.70. The lowest BCUT2D eigenvalue weighted by molar-refractivity contribution is -0.142. The molecule has 4 heteroatoms. The smallest absolute Gasteiger partial charge is 0.306 e. The van der Waals surface area contributed by atoms with Gasteiger partial charge in [0.1, 0.15) is 11.9 Å². The standard InChI is InChI=1S/C18H25NO3/c1-11-15-5-3-4-6-16(15)22-17(11)12(2)19-14-9-7-13(8-10-14)18(20)21/h3-6,11-14,17,19H,7-10H2,1-2H3,(H,20,21). The zero-order valence-electron chi connectivity index (χ0n) is 13.3. The minimum Gasteiger partial charge on any atom is -0.488 e. The van der Waals surface area contributed by atoms with E-state index in [0.29, 0.717) is 12.0 Å². The van der Waals surface area contributed by atoms with Crippen molar-refractivity contribution in [1.29, 1.82) is 0 Å². The maximum atomic E-state index is 11.0. The van der Waals surface area contributed by atoms with Crippen molar-refractivity contribution in [3.05, 3.63) is 29.8 Å². The number of fused-ring (bicyclic) bond motifs is 1. The normalized spacial score (nSPS) is 32.1. The van der Waals surface area contributed by atoms with Gasteiger partial charge in [-0.25, -0.2) is 0 Å². The van der Waals surface area contributed by atoms with Crippen LogP contribution in [-0.2, 0) is 4.79 Å². The Balaban J connectivity index is 1.56. The van der Waals surface area contributed by atoms with E-state index in [1.165, 1.54) is 5.56 Å². The van der Waals surface area contributed by atoms with Crippen LogP contribution in [0, 0.1) is 5.92 Å². The second-order valence-corrected chi connectivity index (χ2v) is 6.75. The fourth-order valence-corrected chi connectivity index (χ4v) is 3.90. The van der Waals surface area contributed by atoms with Gasteiger partial charge in [0.05, 0.1) is 5.92 Å². The first-order valence-electron chi connectivity index (χ1n) is 8.30. The fraction of sp³-hybridized carbons (Fsp3) is 0.611. The quantitative estimate of drug-likeness (QED) is 0.897. The van der Waals surface area contributed by atoms with Crippen molar-refractivity contribution >= 4 is 5.97 Å². The summed E-state index contributed by atoms with van der Waals surface area (Å²) in [5.41, 5.74) is 1.29. The van der Waals surface area contributed by atoms with Crippen molar-refractivity contribution in [2.45, 2.75) is 63.6 Å². The van der Waals surface area contributed by atoms with Gasteiger partial charge in [-0.3, -0.25) is 4.79 Å². The molecule has 0 aromatic heterocycles. The van der Waals surface area contributed by atoms with E-state index in [1.807, 2.05) is 12.1 Å². The van der Waals surface area contributed by atoms with Crippen LogP contribution in [0.25, 0.3) is 0 Å². The summed E-state index contributed by atoms with van der Waals surface area (Å²) >= 11 is 0. The molecule has 1 heterocycles. The third kappa shape index (κ3) is 2.98. The van der Waals surface area contributed by atoms with E-state index in [9.17, 15) is 4.79 Å². The molecule has 120 valence electrons. The third-order valence-corrected chi connectivity index (χ3v) is 5.23. The Labute approximate surface area is 131 Å². The maximum absolute atomic E-state index is 11.0. The Morgan fingerprint density at radius 2 is 1.95 bits per heavy atom. The van der Waals surface area contributed by atoms with E-state index in [1.54, 1.807) is 0 Å². The van der Waals surface area contributed by atoms with Crippen LogP contribution in [-0.4, -0.2) is 29.3 Å². The summed E-state index contributed by atoms with van der Waals surface area (Å²) in [4.78, 5) is 11.0. The summed E-state index contributed by atoms with van der Waals surface area (Å²) in [5.74, 6) is 0.589. The molecule has 1 saturated carbocycles. The minimum absolute atomic E-state index is 0.148. The zero-order valence-corrected chi connectivity index (χ0v) is 13.3. The molecule has 3 atom stereocenters. The maximum Gasteiger partial charge on any atom is 0.306 e. The monoisotopic (exact) mass is 303 g/mol. The van der Waals surface area contributed by atoms with Gasteiger partial charge in [0.15, 0.2) is 0 Å². The summed E-state index contributed by atoms with van der Waals surface area (Å²) in [6.45, 7) is 4.40. The van der Waals surface area contributed by atoms with Crippen LogP contribution in [0.1, 0.15) is 51.0 Å². The molecule has 3 rings (SSSR count). The number of ether oxygens (including phenoxy) is 1. The van der Waals surface area contributed by atoms with E-state index < -0.39 is 5.97 Å². The number of benzene rings is 1. The number of rotatable bonds is 4. The lowest BCUT2D eigenvalue weighted by Crippen LogP contribution is -2.47. The molecule has 0 radical (unpaired) electrons. The first kappa shape index (κ1) is 15.3. The number of para-hydroxylation sites is 1. The number of carboxylic acid groups (broad SMARTS) is 1. The topological polar surface area (TPSA) is 58.6 Å². The van der Waals surface area contributed by atoms with E-state index in [-0.39, 0.29) is 18.1 Å². The van der Waals surface area contributed by atoms with Gasteiger partial charge in [0.25, 0.3) is 0 Å². The highest BCUT2D eigenvalue weighted by Crippen LogP contribution is 2.39. The van der Waals surface area contributed by atoms with Gasteiger partial charge < -0.3 is 15.2 Å². The second kappa shape index (κ2) is 6.29. The molecule has 3 unspecified atom stereocenters. The van der Waals surface area contributed by atoms with Crippen molar-refractivity contribution in [2.24, 2.45) is 5.92 Å². The van der Waals surface area contributed by atoms with Crippen LogP contribution in [0.4, 0.5) is 0 Å². The molecular weight excluding hydrogens is 278 g/mol. The van der Waals surface area contributed by atoms with Crippen LogP contribution in [0.3, 0.4) is 0 Å².